The number of carbonyl (C=O) groups excluding carboxylic acids is 2. The summed E-state index contributed by atoms with van der Waals surface area (Å²) < 4.78 is 176. The Bertz CT molecular complexity index is 2740. The van der Waals surface area contributed by atoms with Crippen LogP contribution < -0.4 is 11.2 Å². The number of hydrogen-bond acceptors (Lipinski definition) is 9. The second-order valence-electron chi connectivity index (χ2n) is 21.0. The van der Waals surface area contributed by atoms with Gasteiger partial charge in [-0.1, -0.05) is 80.2 Å². The topological polar surface area (TPSA) is 148 Å². The highest BCUT2D eigenvalue weighted by atomic mass is 19.4. The van der Waals surface area contributed by atoms with Crippen LogP contribution in [0.25, 0.3) is 0 Å². The smallest absolute Gasteiger partial charge is 0.427 e. The zero-order valence-corrected chi connectivity index (χ0v) is 47.5. The average molecular weight is 1220 g/mol. The predicted octanol–water partition coefficient (Wildman–Crippen LogP) is 16.1. The van der Waals surface area contributed by atoms with Crippen molar-refractivity contribution in [2.24, 2.45) is 15.8 Å². The Morgan fingerprint density at radius 2 is 1.05 bits per heavy atom. The SMILES string of the molecule is C.C=CCC1(N)CCC(CO[C@H](C)c2cc(C(F)(F)F)cc(C(F)(F)F)c2)(c2ccccc2)CC1.C=CCC1(N2C=NCC2=O)CCC(CO[C@H](C)c2cc(C(F)(F)F)cc(C(F)(F)F)c2)(c2ccccc2)CC1.CC=NNC(=O)OC.CCO. The zero-order chi connectivity index (χ0) is 62.8. The van der Waals surface area contributed by atoms with Crippen LogP contribution in [0, 0.1) is 0 Å². The molecule has 0 unspecified atom stereocenters. The fourth-order valence-corrected chi connectivity index (χ4v) is 10.4. The van der Waals surface area contributed by atoms with E-state index in [1.54, 1.807) is 37.2 Å². The van der Waals surface area contributed by atoms with Crippen LogP contribution in [0.2, 0.25) is 0 Å². The van der Waals surface area contributed by atoms with Gasteiger partial charge in [-0.3, -0.25) is 14.7 Å². The number of hydrazone groups is 1. The fourth-order valence-electron chi connectivity index (χ4n) is 10.4. The first kappa shape index (κ1) is 72.7. The number of rotatable bonds is 16. The Hall–Kier alpha value is -6.56. The highest BCUT2D eigenvalue weighted by Gasteiger charge is 2.49. The highest BCUT2D eigenvalue weighted by molar-refractivity contribution is 5.95. The van der Waals surface area contributed by atoms with Crippen molar-refractivity contribution in [3.8, 4) is 0 Å². The fraction of sp³-hybridized carbons (Fsp3) is 0.484. The number of carbonyl (C=O) groups is 2. The number of aliphatic hydroxyl groups excluding tert-OH is 1. The molecule has 0 radical (unpaired) electrons. The number of alkyl halides is 12. The van der Waals surface area contributed by atoms with Crippen LogP contribution in [-0.2, 0) is 54.5 Å². The van der Waals surface area contributed by atoms with Crippen LogP contribution in [0.3, 0.4) is 0 Å². The van der Waals surface area contributed by atoms with Gasteiger partial charge in [0.05, 0.1) is 66.7 Å². The van der Waals surface area contributed by atoms with Crippen molar-refractivity contribution < 1.29 is 81.6 Å². The molecule has 85 heavy (non-hydrogen) atoms. The molecule has 7 rings (SSSR count). The van der Waals surface area contributed by atoms with Crippen LogP contribution in [-0.4, -0.2) is 79.1 Å². The van der Waals surface area contributed by atoms with E-state index >= 15 is 0 Å². The number of ether oxygens (including phenoxy) is 3. The molecule has 4 N–H and O–H groups in total. The normalized spacial score (nSPS) is 22.2. The van der Waals surface area contributed by atoms with Gasteiger partial charge in [-0.15, -0.1) is 13.2 Å². The first-order valence-electron chi connectivity index (χ1n) is 27.0. The summed E-state index contributed by atoms with van der Waals surface area (Å²) in [4.78, 5) is 28.5. The number of benzene rings is 4. The molecule has 4 aromatic rings. The number of nitrogens with one attached hydrogen (secondary N) is 1. The van der Waals surface area contributed by atoms with E-state index in [-0.39, 0.29) is 68.5 Å². The summed E-state index contributed by atoms with van der Waals surface area (Å²) in [5.41, 5.74) is 2.92. The predicted molar refractivity (Wildman–Crippen MR) is 303 cm³/mol. The van der Waals surface area contributed by atoms with Crippen molar-refractivity contribution in [3.05, 3.63) is 167 Å². The summed E-state index contributed by atoms with van der Waals surface area (Å²) in [6.45, 7) is 14.5. The number of nitrogens with zero attached hydrogens (tertiary/aromatic N) is 3. The van der Waals surface area contributed by atoms with E-state index in [4.69, 9.17) is 20.3 Å². The molecular formula is C62H77F12N5O6. The number of nitrogens with two attached hydrogens (primary N) is 1. The standard InChI is InChI=1S/C29H30F6N2O2.C26H29F6NO.C4H8N2O2.C2H6O.CH4/c1-3-9-27(37-19-36-17-25(37)38)12-10-26(11-13-27,22-7-5-4-6-8-22)18-39-20(2)21-14-23(28(30,31)32)16-24(15-21)29(33,34)35;1-3-9-24(33)12-10-23(11-13-24,20-7-5-4-6-8-20)17-34-18(2)19-14-21(25(27,28)29)16-22(15-19)26(30,31)32;1-3-5-6-4(7)8-2;1-2-3;/h3-8,14-16,19-20H,1,9-13,17-18H2,2H3;3-8,14-16,18H,1,9-13,17,33H2,2H3;3H,1-2H3,(H,6,7);3H,2H2,1H3;1H4/t20-,26?,27?;18-,23?,24?;;;/m11.../s1. The number of methoxy groups -OCH3 is 1. The van der Waals surface area contributed by atoms with Gasteiger partial charge in [0.25, 0.3) is 0 Å². The van der Waals surface area contributed by atoms with E-state index < -0.39 is 81.6 Å². The quantitative estimate of drug-likeness (QED) is 0.0438. The summed E-state index contributed by atoms with van der Waals surface area (Å²) in [5, 5.41) is 11.0. The first-order chi connectivity index (χ1) is 39.3. The molecule has 0 aromatic heterocycles. The van der Waals surface area contributed by atoms with Crippen LogP contribution in [0.1, 0.15) is 156 Å². The van der Waals surface area contributed by atoms with Gasteiger partial charge in [-0.2, -0.15) is 57.8 Å². The third-order valence-corrected chi connectivity index (χ3v) is 15.2. The molecule has 0 spiro atoms. The van der Waals surface area contributed by atoms with Gasteiger partial charge in [0.1, 0.15) is 6.54 Å². The van der Waals surface area contributed by atoms with E-state index in [0.717, 1.165) is 23.3 Å². The maximum atomic E-state index is 13.4. The van der Waals surface area contributed by atoms with Crippen LogP contribution in [0.15, 0.2) is 132 Å². The minimum absolute atomic E-state index is 0. The molecule has 2 aliphatic carbocycles. The van der Waals surface area contributed by atoms with Crippen molar-refractivity contribution in [3.63, 3.8) is 0 Å². The van der Waals surface area contributed by atoms with Gasteiger partial charge >= 0.3 is 30.8 Å². The van der Waals surface area contributed by atoms with Crippen molar-refractivity contribution in [1.29, 1.82) is 0 Å². The molecule has 1 heterocycles. The minimum Gasteiger partial charge on any atom is -0.452 e. The van der Waals surface area contributed by atoms with E-state index in [2.05, 4.69) is 33.4 Å². The molecule has 1 aliphatic heterocycles. The van der Waals surface area contributed by atoms with E-state index in [9.17, 15) is 62.3 Å². The lowest BCUT2D eigenvalue weighted by molar-refractivity contribution is -0.145. The third kappa shape index (κ3) is 20.3. The van der Waals surface area contributed by atoms with Gasteiger partial charge in [-0.05, 0) is 151 Å². The maximum absolute atomic E-state index is 13.4. The van der Waals surface area contributed by atoms with Crippen LogP contribution in [0.4, 0.5) is 57.5 Å². The Morgan fingerprint density at radius 3 is 1.35 bits per heavy atom. The second kappa shape index (κ2) is 31.2. The van der Waals surface area contributed by atoms with Gasteiger partial charge in [0.15, 0.2) is 0 Å². The van der Waals surface area contributed by atoms with Crippen molar-refractivity contribution in [2.75, 3.05) is 33.5 Å². The lowest BCUT2D eigenvalue weighted by Gasteiger charge is -2.49. The lowest BCUT2D eigenvalue weighted by atomic mass is 9.63. The molecule has 23 heteroatoms. The van der Waals surface area contributed by atoms with Crippen molar-refractivity contribution in [2.45, 2.75) is 158 Å². The summed E-state index contributed by atoms with van der Waals surface area (Å²) in [5.74, 6) is -0.0843. The average Bonchev–Trinajstić information content (AvgIpc) is 2.09. The summed E-state index contributed by atoms with van der Waals surface area (Å²) in [7, 11) is 1.28. The van der Waals surface area contributed by atoms with E-state index in [0.29, 0.717) is 76.3 Å². The largest absolute Gasteiger partial charge is 0.452 e. The molecule has 2 atom stereocenters. The second-order valence-corrected chi connectivity index (χ2v) is 21.0. The van der Waals surface area contributed by atoms with Gasteiger partial charge in [-0.25, -0.2) is 10.2 Å². The molecule has 2 fully saturated rings. The maximum Gasteiger partial charge on any atom is 0.427 e. The molecular weight excluding hydrogens is 1140 g/mol. The zero-order valence-electron chi connectivity index (χ0n) is 47.5. The summed E-state index contributed by atoms with van der Waals surface area (Å²) in [6.07, 6.45) is -9.24. The summed E-state index contributed by atoms with van der Waals surface area (Å²) >= 11 is 0. The van der Waals surface area contributed by atoms with Crippen LogP contribution in [0.5, 0.6) is 0 Å². The first-order valence-corrected chi connectivity index (χ1v) is 27.0. The van der Waals surface area contributed by atoms with Gasteiger partial charge < -0.3 is 25.1 Å². The highest BCUT2D eigenvalue weighted by Crippen LogP contribution is 2.49. The van der Waals surface area contributed by atoms with Crippen LogP contribution >= 0.6 is 0 Å². The number of halogens is 12. The molecule has 4 aromatic carbocycles. The Labute approximate surface area is 489 Å². The minimum atomic E-state index is -4.94. The molecule has 0 saturated heterocycles. The number of amides is 2. The van der Waals surface area contributed by atoms with Crippen molar-refractivity contribution >= 4 is 24.6 Å². The van der Waals surface area contributed by atoms with E-state index in [1.807, 2.05) is 60.7 Å². The lowest BCUT2D eigenvalue weighted by Crippen LogP contribution is -2.54. The molecule has 0 bridgehead atoms. The molecule has 470 valence electrons. The Balaban J connectivity index is 0.000000377. The molecule has 11 nitrogen and oxygen atoms in total. The summed E-state index contributed by atoms with van der Waals surface area (Å²) in [6, 6.07) is 22.3. The third-order valence-electron chi connectivity index (χ3n) is 15.2. The Kier molecular flexibility index (Phi) is 26.7. The Morgan fingerprint density at radius 1 is 0.682 bits per heavy atom. The molecule has 2 saturated carbocycles. The van der Waals surface area contributed by atoms with Crippen molar-refractivity contribution in [1.82, 2.24) is 10.3 Å². The number of hydrogen-bond donors (Lipinski definition) is 3. The van der Waals surface area contributed by atoms with Gasteiger partial charge in [0.2, 0.25) is 5.91 Å². The number of aliphatic imine (C=N–C) groups is 1. The molecule has 3 aliphatic rings. The molecule has 2 amide bonds. The van der Waals surface area contributed by atoms with E-state index in [1.165, 1.54) is 27.2 Å². The number of aliphatic hydroxyl groups is 1. The monoisotopic (exact) mass is 1220 g/mol. The van der Waals surface area contributed by atoms with Gasteiger partial charge in [0, 0.05) is 29.2 Å².